The summed E-state index contributed by atoms with van der Waals surface area (Å²) in [5, 5.41) is 10.4. The second-order valence-electron chi connectivity index (χ2n) is 5.48. The molecule has 0 radical (unpaired) electrons. The number of carbonyl (C=O) groups excluding carboxylic acids is 1. The Labute approximate surface area is 125 Å². The number of hydrogen-bond donors (Lipinski definition) is 1. The molecule has 1 atom stereocenters. The number of aliphatic hydroxyl groups excluding tert-OH is 1. The minimum atomic E-state index is -0.955. The summed E-state index contributed by atoms with van der Waals surface area (Å²) < 4.78 is 0. The maximum atomic E-state index is 12.3. The van der Waals surface area contributed by atoms with E-state index in [1.54, 1.807) is 13.8 Å². The average molecular weight is 278 g/mol. The van der Waals surface area contributed by atoms with Crippen molar-refractivity contribution in [3.63, 3.8) is 0 Å². The van der Waals surface area contributed by atoms with Crippen LogP contribution in [0, 0.1) is 17.3 Å². The molecule has 21 heavy (non-hydrogen) atoms. The normalized spacial score (nSPS) is 12.1. The Morgan fingerprint density at radius 2 is 1.52 bits per heavy atom. The molecule has 2 rings (SSSR count). The van der Waals surface area contributed by atoms with E-state index in [0.29, 0.717) is 0 Å². The fourth-order valence-corrected chi connectivity index (χ4v) is 1.99. The number of ketones is 1. The zero-order chi connectivity index (χ0) is 15.3. The van der Waals surface area contributed by atoms with Crippen molar-refractivity contribution in [2.24, 2.45) is 5.41 Å². The van der Waals surface area contributed by atoms with Gasteiger partial charge in [0.15, 0.2) is 0 Å². The lowest BCUT2D eigenvalue weighted by Crippen LogP contribution is -2.30. The van der Waals surface area contributed by atoms with Crippen molar-refractivity contribution < 1.29 is 9.90 Å². The molecule has 0 spiro atoms. The maximum absolute atomic E-state index is 12.3. The van der Waals surface area contributed by atoms with Gasteiger partial charge in [0.05, 0.1) is 11.5 Å². The van der Waals surface area contributed by atoms with Crippen molar-refractivity contribution in [1.29, 1.82) is 0 Å². The van der Waals surface area contributed by atoms with Gasteiger partial charge in [-0.3, -0.25) is 4.79 Å². The van der Waals surface area contributed by atoms with Crippen LogP contribution in [0.3, 0.4) is 0 Å². The molecule has 0 fully saturated rings. The van der Waals surface area contributed by atoms with E-state index in [2.05, 4.69) is 11.8 Å². The van der Waals surface area contributed by atoms with Crippen LogP contribution < -0.4 is 0 Å². The number of aliphatic hydroxyl groups is 1. The number of rotatable bonds is 3. The molecule has 0 heterocycles. The van der Waals surface area contributed by atoms with Gasteiger partial charge in [0, 0.05) is 5.56 Å². The van der Waals surface area contributed by atoms with Crippen LogP contribution in [0.2, 0.25) is 0 Å². The number of carbonyl (C=O) groups is 1. The predicted octanol–water partition coefficient (Wildman–Crippen LogP) is 3.37. The summed E-state index contributed by atoms with van der Waals surface area (Å²) in [7, 11) is 0. The monoisotopic (exact) mass is 278 g/mol. The van der Waals surface area contributed by atoms with Crippen LogP contribution in [-0.2, 0) is 4.79 Å². The molecule has 0 bridgehead atoms. The second-order valence-corrected chi connectivity index (χ2v) is 5.48. The van der Waals surface area contributed by atoms with E-state index in [-0.39, 0.29) is 5.78 Å². The zero-order valence-electron chi connectivity index (χ0n) is 12.2. The molecular weight excluding hydrogens is 260 g/mol. The highest BCUT2D eigenvalue weighted by molar-refractivity contribution is 6.00. The van der Waals surface area contributed by atoms with Crippen LogP contribution in [0.4, 0.5) is 0 Å². The number of Topliss-reactive ketones (excluding diaryl/α,β-unsaturated/α-hetero) is 1. The van der Waals surface area contributed by atoms with Gasteiger partial charge in [0.2, 0.25) is 5.78 Å². The molecule has 2 heteroatoms. The van der Waals surface area contributed by atoms with E-state index in [1.807, 2.05) is 60.7 Å². The molecule has 0 aliphatic rings. The van der Waals surface area contributed by atoms with Gasteiger partial charge in [-0.05, 0) is 37.5 Å². The third-order valence-corrected chi connectivity index (χ3v) is 3.48. The van der Waals surface area contributed by atoms with Gasteiger partial charge in [-0.25, -0.2) is 0 Å². The lowest BCUT2D eigenvalue weighted by atomic mass is 9.79. The Bertz CT molecular complexity index is 661. The summed E-state index contributed by atoms with van der Waals surface area (Å²) in [6, 6.07) is 18.5. The molecule has 2 aromatic carbocycles. The van der Waals surface area contributed by atoms with Crippen LogP contribution in [0.15, 0.2) is 60.7 Å². The standard InChI is InChI=1S/C19H18O2/c1-19(2,18(21)16-11-7-4-8-12-16)17(20)14-13-15-9-5-3-6-10-15/h3-12,18,21H,1-2H3. The van der Waals surface area contributed by atoms with Gasteiger partial charge in [0.25, 0.3) is 0 Å². The Hall–Kier alpha value is -2.37. The van der Waals surface area contributed by atoms with Crippen molar-refractivity contribution >= 4 is 5.78 Å². The summed E-state index contributed by atoms with van der Waals surface area (Å²) in [6.45, 7) is 3.43. The van der Waals surface area contributed by atoms with Crippen molar-refractivity contribution in [3.05, 3.63) is 71.8 Å². The summed E-state index contributed by atoms with van der Waals surface area (Å²) in [6.07, 6.45) is -0.878. The van der Waals surface area contributed by atoms with Gasteiger partial charge >= 0.3 is 0 Å². The van der Waals surface area contributed by atoms with E-state index >= 15 is 0 Å². The summed E-state index contributed by atoms with van der Waals surface area (Å²) >= 11 is 0. The third-order valence-electron chi connectivity index (χ3n) is 3.48. The first-order valence-electron chi connectivity index (χ1n) is 6.86. The highest BCUT2D eigenvalue weighted by atomic mass is 16.3. The van der Waals surface area contributed by atoms with E-state index in [0.717, 1.165) is 11.1 Å². The van der Waals surface area contributed by atoms with Crippen molar-refractivity contribution in [2.75, 3.05) is 0 Å². The van der Waals surface area contributed by atoms with Gasteiger partial charge in [-0.2, -0.15) is 0 Å². The zero-order valence-corrected chi connectivity index (χ0v) is 12.2. The van der Waals surface area contributed by atoms with Crippen molar-refractivity contribution in [2.45, 2.75) is 20.0 Å². The molecule has 0 aliphatic heterocycles. The first-order valence-corrected chi connectivity index (χ1v) is 6.86. The van der Waals surface area contributed by atoms with Crippen LogP contribution in [0.5, 0.6) is 0 Å². The molecule has 0 saturated heterocycles. The molecule has 0 saturated carbocycles. The van der Waals surface area contributed by atoms with Gasteiger partial charge in [-0.15, -0.1) is 0 Å². The molecule has 1 N–H and O–H groups in total. The Morgan fingerprint density at radius 1 is 1.00 bits per heavy atom. The number of hydrogen-bond acceptors (Lipinski definition) is 2. The van der Waals surface area contributed by atoms with E-state index in [9.17, 15) is 9.90 Å². The molecule has 1 unspecified atom stereocenters. The topological polar surface area (TPSA) is 37.3 Å². The predicted molar refractivity (Wildman–Crippen MR) is 83.5 cm³/mol. The molecule has 106 valence electrons. The van der Waals surface area contributed by atoms with Crippen LogP contribution in [0.1, 0.15) is 31.1 Å². The quantitative estimate of drug-likeness (QED) is 0.874. The van der Waals surface area contributed by atoms with Crippen molar-refractivity contribution in [1.82, 2.24) is 0 Å². The lowest BCUT2D eigenvalue weighted by molar-refractivity contribution is -0.127. The first kappa shape index (κ1) is 15.0. The molecule has 0 amide bonds. The minimum absolute atomic E-state index is 0.275. The van der Waals surface area contributed by atoms with E-state index < -0.39 is 11.5 Å². The van der Waals surface area contributed by atoms with E-state index in [4.69, 9.17) is 0 Å². The molecular formula is C19H18O2. The van der Waals surface area contributed by atoms with E-state index in [1.165, 1.54) is 0 Å². The molecule has 0 aromatic heterocycles. The maximum Gasteiger partial charge on any atom is 0.214 e. The van der Waals surface area contributed by atoms with Gasteiger partial charge < -0.3 is 5.11 Å². The molecule has 2 nitrogen and oxygen atoms in total. The van der Waals surface area contributed by atoms with Gasteiger partial charge in [0.1, 0.15) is 0 Å². The Kier molecular flexibility index (Phi) is 4.57. The Balaban J connectivity index is 2.20. The highest BCUT2D eigenvalue weighted by Crippen LogP contribution is 2.33. The minimum Gasteiger partial charge on any atom is -0.387 e. The Morgan fingerprint density at radius 3 is 2.10 bits per heavy atom. The fraction of sp³-hybridized carbons (Fsp3) is 0.211. The van der Waals surface area contributed by atoms with Gasteiger partial charge in [-0.1, -0.05) is 54.5 Å². The van der Waals surface area contributed by atoms with Crippen LogP contribution >= 0.6 is 0 Å². The van der Waals surface area contributed by atoms with Crippen LogP contribution in [0.25, 0.3) is 0 Å². The highest BCUT2D eigenvalue weighted by Gasteiger charge is 2.35. The lowest BCUT2D eigenvalue weighted by Gasteiger charge is -2.27. The summed E-state index contributed by atoms with van der Waals surface area (Å²) in [5.41, 5.74) is 0.552. The third kappa shape index (κ3) is 3.59. The smallest absolute Gasteiger partial charge is 0.214 e. The average Bonchev–Trinajstić information content (AvgIpc) is 2.53. The first-order chi connectivity index (χ1) is 10.0. The fourth-order valence-electron chi connectivity index (χ4n) is 1.99. The SMILES string of the molecule is CC(C)(C(=O)C#Cc1ccccc1)C(O)c1ccccc1. The number of benzene rings is 2. The van der Waals surface area contributed by atoms with Crippen LogP contribution in [-0.4, -0.2) is 10.9 Å². The largest absolute Gasteiger partial charge is 0.387 e. The summed E-state index contributed by atoms with van der Waals surface area (Å²) in [4.78, 5) is 12.3. The summed E-state index contributed by atoms with van der Waals surface area (Å²) in [5.74, 6) is 5.21. The molecule has 0 aliphatic carbocycles. The second kappa shape index (κ2) is 6.39. The molecule has 2 aromatic rings. The van der Waals surface area contributed by atoms with Crippen molar-refractivity contribution in [3.8, 4) is 11.8 Å².